The van der Waals surface area contributed by atoms with Gasteiger partial charge in [-0.05, 0) is 6.08 Å². The van der Waals surface area contributed by atoms with Crippen molar-refractivity contribution in [3.63, 3.8) is 0 Å². The Bertz CT molecular complexity index is 348. The number of ketones is 1. The third-order valence-corrected chi connectivity index (χ3v) is 3.00. The molecule has 1 amide bonds. The van der Waals surface area contributed by atoms with E-state index in [9.17, 15) is 14.4 Å². The Labute approximate surface area is 77.4 Å². The summed E-state index contributed by atoms with van der Waals surface area (Å²) in [6.45, 7) is 0. The maximum atomic E-state index is 11.0. The number of amides is 1. The minimum absolute atomic E-state index is 0.0756. The molecule has 0 aliphatic carbocycles. The zero-order valence-corrected chi connectivity index (χ0v) is 7.21. The van der Waals surface area contributed by atoms with Crippen molar-refractivity contribution in [2.24, 2.45) is 0 Å². The summed E-state index contributed by atoms with van der Waals surface area (Å²) in [6, 6.07) is 0. The largest absolute Gasteiger partial charge is 0.477 e. The molecule has 0 spiro atoms. The number of rotatable bonds is 1. The molecule has 2 rings (SSSR count). The standard InChI is InChI=1S/C7H5NO4S/c9-4-5(10)8-3(7(11)12)1-2-13-6(4)8/h1,6H,2H2,(H,11,12)/t6-/m1/s1. The van der Waals surface area contributed by atoms with Crippen LogP contribution in [0.25, 0.3) is 0 Å². The first-order valence-corrected chi connectivity index (χ1v) is 4.60. The van der Waals surface area contributed by atoms with Crippen LogP contribution in [0.3, 0.4) is 0 Å². The number of Topliss-reactive ketones (excluding diaryl/α,β-unsaturated/α-hetero) is 1. The molecule has 0 aromatic rings. The van der Waals surface area contributed by atoms with E-state index in [1.54, 1.807) is 0 Å². The summed E-state index contributed by atoms with van der Waals surface area (Å²) >= 11 is 1.26. The Morgan fingerprint density at radius 1 is 1.62 bits per heavy atom. The second kappa shape index (κ2) is 2.59. The molecular formula is C7H5NO4S. The van der Waals surface area contributed by atoms with Crippen molar-refractivity contribution in [2.75, 3.05) is 5.75 Å². The number of thioether (sulfide) groups is 1. The molecular weight excluding hydrogens is 194 g/mol. The first-order chi connectivity index (χ1) is 6.13. The maximum Gasteiger partial charge on any atom is 0.352 e. The van der Waals surface area contributed by atoms with Crippen molar-refractivity contribution in [2.45, 2.75) is 5.37 Å². The number of fused-ring (bicyclic) bond motifs is 1. The van der Waals surface area contributed by atoms with Gasteiger partial charge in [0.15, 0.2) is 5.37 Å². The highest BCUT2D eigenvalue weighted by Gasteiger charge is 2.51. The predicted octanol–water partition coefficient (Wildman–Crippen LogP) is -0.561. The molecule has 2 aliphatic heterocycles. The van der Waals surface area contributed by atoms with Crippen LogP contribution in [0.15, 0.2) is 11.8 Å². The predicted molar refractivity (Wildman–Crippen MR) is 43.8 cm³/mol. The summed E-state index contributed by atoms with van der Waals surface area (Å²) in [4.78, 5) is 33.5. The Morgan fingerprint density at radius 3 is 2.92 bits per heavy atom. The van der Waals surface area contributed by atoms with Crippen LogP contribution in [0, 0.1) is 0 Å². The Hall–Kier alpha value is -1.30. The number of hydrogen-bond acceptors (Lipinski definition) is 4. The van der Waals surface area contributed by atoms with E-state index in [1.807, 2.05) is 0 Å². The molecule has 2 heterocycles. The molecule has 5 nitrogen and oxygen atoms in total. The quantitative estimate of drug-likeness (QED) is 0.452. The van der Waals surface area contributed by atoms with Gasteiger partial charge in [0.25, 0.3) is 11.7 Å². The van der Waals surface area contributed by atoms with E-state index in [4.69, 9.17) is 5.11 Å². The second-order valence-electron chi connectivity index (χ2n) is 2.62. The monoisotopic (exact) mass is 199 g/mol. The highest BCUT2D eigenvalue weighted by Crippen LogP contribution is 2.34. The average Bonchev–Trinajstić information content (AvgIpc) is 2.15. The van der Waals surface area contributed by atoms with Gasteiger partial charge in [-0.25, -0.2) is 4.79 Å². The maximum absolute atomic E-state index is 11.0. The van der Waals surface area contributed by atoms with E-state index in [2.05, 4.69) is 0 Å². The fourth-order valence-electron chi connectivity index (χ4n) is 1.27. The molecule has 68 valence electrons. The Balaban J connectivity index is 2.32. The SMILES string of the molecule is O=C(O)C1=CCS[C@@H]2C(=O)C(=O)N12. The summed E-state index contributed by atoms with van der Waals surface area (Å²) in [5.41, 5.74) is -0.0756. The van der Waals surface area contributed by atoms with Crippen LogP contribution < -0.4 is 0 Å². The van der Waals surface area contributed by atoms with E-state index in [-0.39, 0.29) is 5.70 Å². The lowest BCUT2D eigenvalue weighted by atomic mass is 10.1. The number of carboxylic acids is 1. The topological polar surface area (TPSA) is 74.7 Å². The molecule has 1 atom stereocenters. The fourth-order valence-corrected chi connectivity index (χ4v) is 2.32. The van der Waals surface area contributed by atoms with Gasteiger partial charge in [-0.3, -0.25) is 14.5 Å². The van der Waals surface area contributed by atoms with Crippen LogP contribution in [0.5, 0.6) is 0 Å². The highest BCUT2D eigenvalue weighted by atomic mass is 32.2. The summed E-state index contributed by atoms with van der Waals surface area (Å²) < 4.78 is 0. The van der Waals surface area contributed by atoms with Gasteiger partial charge in [-0.2, -0.15) is 0 Å². The van der Waals surface area contributed by atoms with E-state index in [1.165, 1.54) is 17.8 Å². The van der Waals surface area contributed by atoms with E-state index >= 15 is 0 Å². The first-order valence-electron chi connectivity index (χ1n) is 3.55. The van der Waals surface area contributed by atoms with Gasteiger partial charge in [0, 0.05) is 5.75 Å². The summed E-state index contributed by atoms with van der Waals surface area (Å²) in [7, 11) is 0. The summed E-state index contributed by atoms with van der Waals surface area (Å²) in [6.07, 6.45) is 1.44. The highest BCUT2D eigenvalue weighted by molar-refractivity contribution is 8.01. The second-order valence-corrected chi connectivity index (χ2v) is 3.73. The average molecular weight is 199 g/mol. The molecule has 1 saturated heterocycles. The summed E-state index contributed by atoms with van der Waals surface area (Å²) in [5.74, 6) is -1.92. The van der Waals surface area contributed by atoms with Crippen LogP contribution in [-0.4, -0.2) is 38.8 Å². The lowest BCUT2D eigenvalue weighted by Gasteiger charge is -2.39. The van der Waals surface area contributed by atoms with Crippen LogP contribution in [0.4, 0.5) is 0 Å². The first kappa shape index (κ1) is 8.31. The number of carboxylic acid groups (broad SMARTS) is 1. The lowest BCUT2D eigenvalue weighted by molar-refractivity contribution is -0.156. The smallest absolute Gasteiger partial charge is 0.352 e. The molecule has 0 bridgehead atoms. The van der Waals surface area contributed by atoms with Gasteiger partial charge in [0.2, 0.25) is 0 Å². The van der Waals surface area contributed by atoms with Gasteiger partial charge in [-0.1, -0.05) is 0 Å². The van der Waals surface area contributed by atoms with E-state index in [0.29, 0.717) is 5.75 Å². The van der Waals surface area contributed by atoms with Crippen LogP contribution in [-0.2, 0) is 14.4 Å². The molecule has 0 unspecified atom stereocenters. The number of hydrogen-bond donors (Lipinski definition) is 1. The van der Waals surface area contributed by atoms with Crippen LogP contribution >= 0.6 is 11.8 Å². The fraction of sp³-hybridized carbons (Fsp3) is 0.286. The van der Waals surface area contributed by atoms with Crippen molar-refractivity contribution in [1.29, 1.82) is 0 Å². The van der Waals surface area contributed by atoms with Gasteiger partial charge in [0.05, 0.1) is 0 Å². The Kier molecular flexibility index (Phi) is 1.66. The zero-order chi connectivity index (χ0) is 9.59. The minimum atomic E-state index is -1.16. The molecule has 0 radical (unpaired) electrons. The summed E-state index contributed by atoms with van der Waals surface area (Å²) in [5, 5.41) is 8.09. The van der Waals surface area contributed by atoms with Crippen molar-refractivity contribution in [1.82, 2.24) is 4.90 Å². The molecule has 0 aromatic carbocycles. The normalized spacial score (nSPS) is 26.3. The number of β-lactam (4-membered cyclic amide) rings is 1. The number of carbonyl (C=O) groups excluding carboxylic acids is 2. The number of aliphatic carboxylic acids is 1. The molecule has 0 saturated carbocycles. The van der Waals surface area contributed by atoms with Crippen molar-refractivity contribution in [3.05, 3.63) is 11.8 Å². The van der Waals surface area contributed by atoms with Gasteiger partial charge < -0.3 is 5.11 Å². The number of nitrogens with zero attached hydrogens (tertiary/aromatic N) is 1. The van der Waals surface area contributed by atoms with E-state index in [0.717, 1.165) is 4.90 Å². The van der Waals surface area contributed by atoms with Crippen LogP contribution in [0.1, 0.15) is 0 Å². The van der Waals surface area contributed by atoms with Crippen LogP contribution in [0.2, 0.25) is 0 Å². The Morgan fingerprint density at radius 2 is 2.31 bits per heavy atom. The minimum Gasteiger partial charge on any atom is -0.477 e. The molecule has 1 N–H and O–H groups in total. The molecule has 0 aromatic heterocycles. The number of carbonyl (C=O) groups is 3. The van der Waals surface area contributed by atoms with Gasteiger partial charge in [0.1, 0.15) is 5.70 Å². The lowest BCUT2D eigenvalue weighted by Crippen LogP contribution is -2.61. The zero-order valence-electron chi connectivity index (χ0n) is 6.39. The molecule has 1 fully saturated rings. The third-order valence-electron chi connectivity index (χ3n) is 1.90. The van der Waals surface area contributed by atoms with E-state index < -0.39 is 23.0 Å². The van der Waals surface area contributed by atoms with Crippen molar-refractivity contribution >= 4 is 29.4 Å². The third kappa shape index (κ3) is 0.983. The van der Waals surface area contributed by atoms with Gasteiger partial charge >= 0.3 is 5.97 Å². The van der Waals surface area contributed by atoms with Crippen molar-refractivity contribution in [3.8, 4) is 0 Å². The molecule has 2 aliphatic rings. The van der Waals surface area contributed by atoms with Gasteiger partial charge in [-0.15, -0.1) is 11.8 Å². The molecule has 13 heavy (non-hydrogen) atoms. The molecule has 6 heteroatoms. The van der Waals surface area contributed by atoms with Crippen molar-refractivity contribution < 1.29 is 19.5 Å².